The molecule has 0 saturated heterocycles. The van der Waals surface area contributed by atoms with Crippen LogP contribution in [-0.2, 0) is 10.0 Å². The van der Waals surface area contributed by atoms with Crippen molar-refractivity contribution < 1.29 is 13.2 Å². The third-order valence-corrected chi connectivity index (χ3v) is 6.77. The summed E-state index contributed by atoms with van der Waals surface area (Å²) in [5.74, 6) is 0.592. The number of fused-ring (bicyclic) bond motifs is 1. The zero-order valence-electron chi connectivity index (χ0n) is 15.5. The second kappa shape index (κ2) is 7.44. The van der Waals surface area contributed by atoms with Gasteiger partial charge >= 0.3 is 0 Å². The van der Waals surface area contributed by atoms with E-state index in [4.69, 9.17) is 9.88 Å². The maximum atomic E-state index is 13.5. The third kappa shape index (κ3) is 3.55. The van der Waals surface area contributed by atoms with Gasteiger partial charge in [-0.25, -0.2) is 13.6 Å². The SMILES string of the molecule is COc1ccccc1-c1c(-c2ccc(S(N)(=O)=O)cc2)sc2ccccc2c1=O. The zero-order valence-corrected chi connectivity index (χ0v) is 17.1. The van der Waals surface area contributed by atoms with Gasteiger partial charge in [0.15, 0.2) is 5.43 Å². The molecule has 2 N–H and O–H groups in total. The van der Waals surface area contributed by atoms with E-state index in [9.17, 15) is 13.2 Å². The summed E-state index contributed by atoms with van der Waals surface area (Å²) in [6, 6.07) is 21.0. The van der Waals surface area contributed by atoms with Crippen molar-refractivity contribution in [3.8, 4) is 27.3 Å². The van der Waals surface area contributed by atoms with Gasteiger partial charge in [-0.3, -0.25) is 4.79 Å². The summed E-state index contributed by atoms with van der Waals surface area (Å²) in [7, 11) is -2.23. The molecule has 0 unspecified atom stereocenters. The number of methoxy groups -OCH3 is 1. The van der Waals surface area contributed by atoms with Crippen LogP contribution in [0.1, 0.15) is 0 Å². The van der Waals surface area contributed by atoms with E-state index in [2.05, 4.69) is 0 Å². The monoisotopic (exact) mass is 423 g/mol. The highest BCUT2D eigenvalue weighted by atomic mass is 32.2. The number of benzene rings is 3. The van der Waals surface area contributed by atoms with E-state index in [0.29, 0.717) is 22.3 Å². The Hall–Kier alpha value is -3.00. The first-order valence-corrected chi connectivity index (χ1v) is 11.1. The lowest BCUT2D eigenvalue weighted by Crippen LogP contribution is -2.11. The number of rotatable bonds is 4. The van der Waals surface area contributed by atoms with Gasteiger partial charge in [0.2, 0.25) is 10.0 Å². The van der Waals surface area contributed by atoms with E-state index in [-0.39, 0.29) is 10.3 Å². The highest BCUT2D eigenvalue weighted by Crippen LogP contribution is 2.40. The Morgan fingerprint density at radius 3 is 2.24 bits per heavy atom. The van der Waals surface area contributed by atoms with Crippen molar-refractivity contribution in [3.05, 3.63) is 83.0 Å². The van der Waals surface area contributed by atoms with Crippen LogP contribution >= 0.6 is 11.3 Å². The maximum absolute atomic E-state index is 13.5. The van der Waals surface area contributed by atoms with E-state index in [1.807, 2.05) is 42.5 Å². The molecule has 29 heavy (non-hydrogen) atoms. The van der Waals surface area contributed by atoms with Crippen molar-refractivity contribution in [1.29, 1.82) is 0 Å². The van der Waals surface area contributed by atoms with Gasteiger partial charge in [-0.2, -0.15) is 0 Å². The van der Waals surface area contributed by atoms with Crippen molar-refractivity contribution in [3.63, 3.8) is 0 Å². The van der Waals surface area contributed by atoms with Crippen LogP contribution in [0.4, 0.5) is 0 Å². The van der Waals surface area contributed by atoms with Crippen LogP contribution in [0.25, 0.3) is 31.7 Å². The van der Waals surface area contributed by atoms with E-state index in [1.165, 1.54) is 23.5 Å². The van der Waals surface area contributed by atoms with Crippen molar-refractivity contribution in [1.82, 2.24) is 0 Å². The number of sulfonamides is 1. The minimum Gasteiger partial charge on any atom is -0.496 e. The van der Waals surface area contributed by atoms with Gasteiger partial charge in [0.05, 0.1) is 17.6 Å². The lowest BCUT2D eigenvalue weighted by molar-refractivity contribution is 0.416. The lowest BCUT2D eigenvalue weighted by atomic mass is 9.99. The molecular weight excluding hydrogens is 406 g/mol. The molecule has 0 aliphatic carbocycles. The molecular formula is C22H17NO4S2. The predicted molar refractivity (Wildman–Crippen MR) is 117 cm³/mol. The molecule has 0 atom stereocenters. The largest absolute Gasteiger partial charge is 0.496 e. The summed E-state index contributed by atoms with van der Waals surface area (Å²) in [5.41, 5.74) is 1.84. The van der Waals surface area contributed by atoms with E-state index in [1.54, 1.807) is 25.3 Å². The zero-order chi connectivity index (χ0) is 20.6. The number of ether oxygens (including phenoxy) is 1. The molecule has 0 bridgehead atoms. The molecule has 3 aromatic carbocycles. The molecule has 1 aromatic heterocycles. The Kier molecular flexibility index (Phi) is 4.96. The molecule has 0 saturated carbocycles. The molecule has 0 spiro atoms. The summed E-state index contributed by atoms with van der Waals surface area (Å²) in [5, 5.41) is 5.84. The average molecular weight is 424 g/mol. The molecule has 146 valence electrons. The predicted octanol–water partition coefficient (Wildman–Crippen LogP) is 4.25. The summed E-state index contributed by atoms with van der Waals surface area (Å²) >= 11 is 1.47. The summed E-state index contributed by atoms with van der Waals surface area (Å²) in [6.45, 7) is 0. The Morgan fingerprint density at radius 2 is 1.55 bits per heavy atom. The van der Waals surface area contributed by atoms with Crippen molar-refractivity contribution in [2.75, 3.05) is 7.11 Å². The lowest BCUT2D eigenvalue weighted by Gasteiger charge is -2.14. The van der Waals surface area contributed by atoms with Gasteiger partial charge < -0.3 is 4.74 Å². The second-order valence-corrected chi connectivity index (χ2v) is 9.01. The van der Waals surface area contributed by atoms with Crippen molar-refractivity contribution in [2.45, 2.75) is 4.90 Å². The molecule has 4 rings (SSSR count). The average Bonchev–Trinajstić information content (AvgIpc) is 2.73. The fourth-order valence-corrected chi connectivity index (χ4v) is 4.95. The van der Waals surface area contributed by atoms with Gasteiger partial charge in [-0.15, -0.1) is 11.3 Å². The molecule has 1 heterocycles. The summed E-state index contributed by atoms with van der Waals surface area (Å²) < 4.78 is 29.5. The molecule has 4 aromatic rings. The minimum atomic E-state index is -3.80. The molecule has 0 amide bonds. The first-order chi connectivity index (χ1) is 13.9. The first kappa shape index (κ1) is 19.3. The van der Waals surface area contributed by atoms with E-state index in [0.717, 1.165) is 15.1 Å². The Morgan fingerprint density at radius 1 is 0.897 bits per heavy atom. The van der Waals surface area contributed by atoms with Crippen molar-refractivity contribution >= 4 is 31.4 Å². The number of hydrogen-bond acceptors (Lipinski definition) is 5. The first-order valence-electron chi connectivity index (χ1n) is 8.72. The molecule has 0 aliphatic rings. The Bertz CT molecular complexity index is 1370. The fourth-order valence-electron chi connectivity index (χ4n) is 3.24. The summed E-state index contributed by atoms with van der Waals surface area (Å²) in [4.78, 5) is 14.2. The standard InChI is InChI=1S/C22H17NO4S2/c1-27-18-8-4-2-6-16(18)20-21(24)17-7-3-5-9-19(17)28-22(20)14-10-12-15(13-11-14)29(23,25)26/h2-13H,1H3,(H2,23,25,26). The van der Waals surface area contributed by atoms with Crippen LogP contribution in [0, 0.1) is 0 Å². The highest BCUT2D eigenvalue weighted by Gasteiger charge is 2.19. The Balaban J connectivity index is 2.06. The van der Waals surface area contributed by atoms with E-state index >= 15 is 0 Å². The quantitative estimate of drug-likeness (QED) is 0.532. The normalized spacial score (nSPS) is 11.5. The number of primary sulfonamides is 1. The minimum absolute atomic E-state index is 0.0215. The Labute approximate surface area is 172 Å². The van der Waals surface area contributed by atoms with Crippen LogP contribution < -0.4 is 15.3 Å². The second-order valence-electron chi connectivity index (χ2n) is 6.40. The van der Waals surface area contributed by atoms with Crippen LogP contribution in [0.2, 0.25) is 0 Å². The van der Waals surface area contributed by atoms with Gasteiger partial charge in [0, 0.05) is 20.5 Å². The van der Waals surface area contributed by atoms with Crippen LogP contribution in [-0.4, -0.2) is 15.5 Å². The highest BCUT2D eigenvalue weighted by molar-refractivity contribution is 7.89. The van der Waals surface area contributed by atoms with Gasteiger partial charge in [-0.1, -0.05) is 42.5 Å². The molecule has 0 radical (unpaired) electrons. The molecule has 0 fully saturated rings. The fraction of sp³-hybridized carbons (Fsp3) is 0.0455. The number of nitrogens with two attached hydrogens (primary N) is 1. The smallest absolute Gasteiger partial charge is 0.238 e. The summed E-state index contributed by atoms with van der Waals surface area (Å²) in [6.07, 6.45) is 0. The van der Waals surface area contributed by atoms with E-state index < -0.39 is 10.0 Å². The number of para-hydroxylation sites is 1. The van der Waals surface area contributed by atoms with Gasteiger partial charge in [0.1, 0.15) is 5.75 Å². The number of hydrogen-bond donors (Lipinski definition) is 1. The maximum Gasteiger partial charge on any atom is 0.238 e. The topological polar surface area (TPSA) is 86.5 Å². The van der Waals surface area contributed by atoms with Crippen LogP contribution in [0.3, 0.4) is 0 Å². The molecule has 5 nitrogen and oxygen atoms in total. The van der Waals surface area contributed by atoms with Gasteiger partial charge in [-0.05, 0) is 35.9 Å². The van der Waals surface area contributed by atoms with Crippen LogP contribution in [0.15, 0.2) is 82.5 Å². The van der Waals surface area contributed by atoms with Crippen molar-refractivity contribution in [2.24, 2.45) is 5.14 Å². The molecule has 7 heteroatoms. The third-order valence-electron chi connectivity index (χ3n) is 4.62. The molecule has 0 aliphatic heterocycles. The van der Waals surface area contributed by atoms with Crippen LogP contribution in [0.5, 0.6) is 5.75 Å². The van der Waals surface area contributed by atoms with Gasteiger partial charge in [0.25, 0.3) is 0 Å².